The summed E-state index contributed by atoms with van der Waals surface area (Å²) in [6, 6.07) is 11.6. The molecular weight excluding hydrogens is 398 g/mol. The number of carbonyl (C=O) groups is 1. The van der Waals surface area contributed by atoms with Crippen LogP contribution in [0, 0.1) is 5.92 Å². The van der Waals surface area contributed by atoms with E-state index in [1.54, 1.807) is 0 Å². The number of nitrogens with one attached hydrogen (secondary N) is 2. The lowest BCUT2D eigenvalue weighted by Gasteiger charge is -2.32. The molecule has 2 fully saturated rings. The van der Waals surface area contributed by atoms with Gasteiger partial charge in [-0.25, -0.2) is 8.42 Å². The first-order chi connectivity index (χ1) is 14.3. The van der Waals surface area contributed by atoms with Crippen LogP contribution in [0.5, 0.6) is 0 Å². The number of carbonyl (C=O) groups excluding carboxylic acids is 1. The van der Waals surface area contributed by atoms with Gasteiger partial charge < -0.3 is 10.6 Å². The lowest BCUT2D eigenvalue weighted by atomic mass is 10.0. The quantitative estimate of drug-likeness (QED) is 0.591. The Morgan fingerprint density at radius 3 is 2.53 bits per heavy atom. The van der Waals surface area contributed by atoms with Crippen molar-refractivity contribution in [2.45, 2.75) is 44.7 Å². The molecule has 0 radical (unpaired) electrons. The van der Waals surface area contributed by atoms with Gasteiger partial charge in [0.2, 0.25) is 5.91 Å². The Morgan fingerprint density at radius 2 is 1.90 bits per heavy atom. The third-order valence-corrected chi connectivity index (χ3v) is 6.97. The summed E-state index contributed by atoms with van der Waals surface area (Å²) in [6.45, 7) is 4.57. The van der Waals surface area contributed by atoms with Crippen molar-refractivity contribution in [3.63, 3.8) is 0 Å². The second kappa shape index (κ2) is 10.6. The van der Waals surface area contributed by atoms with E-state index in [2.05, 4.69) is 58.9 Å². The number of amides is 1. The van der Waals surface area contributed by atoms with Gasteiger partial charge in [-0.2, -0.15) is 0 Å². The monoisotopic (exact) mass is 433 g/mol. The number of nitrogens with zero attached hydrogens (tertiary/aromatic N) is 1. The maximum Gasteiger partial charge on any atom is 0.234 e. The molecule has 0 bridgehead atoms. The second-order valence-electron chi connectivity index (χ2n) is 8.63. The molecule has 7 heteroatoms. The van der Waals surface area contributed by atoms with Gasteiger partial charge in [0.05, 0.1) is 12.3 Å². The van der Waals surface area contributed by atoms with Crippen molar-refractivity contribution < 1.29 is 13.2 Å². The summed E-state index contributed by atoms with van der Waals surface area (Å²) < 4.78 is 22.3. The van der Waals surface area contributed by atoms with Crippen LogP contribution in [-0.2, 0) is 14.6 Å². The van der Waals surface area contributed by atoms with Gasteiger partial charge in [-0.15, -0.1) is 0 Å². The van der Waals surface area contributed by atoms with E-state index < -0.39 is 9.84 Å². The standard InChI is InChI=1S/C23H35N3O3S/c1-3-19(15-18-7-5-4-6-8-18)21-16-22(21)25-20-9-12-26(13-10-20)17-23(27)24-11-14-30(2,28)29/h4-8,15,20-22,25H,3,9-14,16-17H2,1-2H3,(H,24,27)/b19-15+/t21-,22+/m0/s1. The number of likely N-dealkylation sites (tertiary alicyclic amines) is 1. The van der Waals surface area contributed by atoms with Crippen molar-refractivity contribution in [1.29, 1.82) is 0 Å². The zero-order valence-electron chi connectivity index (χ0n) is 18.1. The first-order valence-corrected chi connectivity index (χ1v) is 13.1. The minimum absolute atomic E-state index is 0.00818. The Hall–Kier alpha value is -1.70. The van der Waals surface area contributed by atoms with Crippen molar-refractivity contribution in [2.24, 2.45) is 5.92 Å². The SMILES string of the molecule is CC/C(=C\c1ccccc1)[C@@H]1C[C@H]1NC1CCN(CC(=O)NCCS(C)(=O)=O)CC1. The molecule has 30 heavy (non-hydrogen) atoms. The van der Waals surface area contributed by atoms with E-state index in [-0.39, 0.29) is 18.2 Å². The van der Waals surface area contributed by atoms with Crippen molar-refractivity contribution in [3.8, 4) is 0 Å². The van der Waals surface area contributed by atoms with Gasteiger partial charge in [-0.05, 0) is 37.2 Å². The molecule has 0 aromatic heterocycles. The molecule has 1 aromatic carbocycles. The molecule has 6 nitrogen and oxygen atoms in total. The third-order valence-electron chi connectivity index (χ3n) is 6.03. The number of sulfone groups is 1. The van der Waals surface area contributed by atoms with Crippen LogP contribution in [0.15, 0.2) is 35.9 Å². The van der Waals surface area contributed by atoms with Gasteiger partial charge in [0.1, 0.15) is 9.84 Å². The first kappa shape index (κ1) is 23.0. The number of benzene rings is 1. The zero-order valence-corrected chi connectivity index (χ0v) is 19.0. The van der Waals surface area contributed by atoms with Crippen LogP contribution in [0.1, 0.15) is 38.2 Å². The highest BCUT2D eigenvalue weighted by Crippen LogP contribution is 2.40. The number of hydrogen-bond acceptors (Lipinski definition) is 5. The summed E-state index contributed by atoms with van der Waals surface area (Å²) in [5.74, 6) is 0.547. The molecule has 1 heterocycles. The summed E-state index contributed by atoms with van der Waals surface area (Å²) in [5.41, 5.74) is 2.81. The smallest absolute Gasteiger partial charge is 0.234 e. The molecule has 1 amide bonds. The highest BCUT2D eigenvalue weighted by atomic mass is 32.2. The summed E-state index contributed by atoms with van der Waals surface area (Å²) in [6.07, 6.45) is 7.92. The van der Waals surface area contributed by atoms with E-state index in [1.807, 2.05) is 0 Å². The molecule has 1 aliphatic carbocycles. The van der Waals surface area contributed by atoms with Gasteiger partial charge in [0, 0.05) is 38.0 Å². The molecule has 1 saturated carbocycles. The van der Waals surface area contributed by atoms with E-state index in [1.165, 1.54) is 23.8 Å². The molecule has 0 spiro atoms. The Balaban J connectivity index is 1.36. The molecule has 166 valence electrons. The van der Waals surface area contributed by atoms with E-state index >= 15 is 0 Å². The van der Waals surface area contributed by atoms with Gasteiger partial charge in [0.15, 0.2) is 0 Å². The van der Waals surface area contributed by atoms with Crippen molar-refractivity contribution >= 4 is 21.8 Å². The topological polar surface area (TPSA) is 78.5 Å². The highest BCUT2D eigenvalue weighted by molar-refractivity contribution is 7.90. The largest absolute Gasteiger partial charge is 0.354 e. The van der Waals surface area contributed by atoms with E-state index in [0.717, 1.165) is 32.4 Å². The molecule has 2 aliphatic rings. The predicted octanol–water partition coefficient (Wildman–Crippen LogP) is 2.08. The van der Waals surface area contributed by atoms with Crippen LogP contribution in [0.25, 0.3) is 6.08 Å². The lowest BCUT2D eigenvalue weighted by Crippen LogP contribution is -2.47. The molecule has 2 N–H and O–H groups in total. The van der Waals surface area contributed by atoms with E-state index in [4.69, 9.17) is 0 Å². The molecular formula is C23H35N3O3S. The van der Waals surface area contributed by atoms with Crippen molar-refractivity contribution in [2.75, 3.05) is 38.2 Å². The first-order valence-electron chi connectivity index (χ1n) is 11.0. The number of hydrogen-bond donors (Lipinski definition) is 2. The normalized spacial score (nSPS) is 23.3. The Labute approximate surface area is 181 Å². The van der Waals surface area contributed by atoms with Crippen LogP contribution in [0.4, 0.5) is 0 Å². The average Bonchev–Trinajstić information content (AvgIpc) is 3.46. The molecule has 1 aromatic rings. The second-order valence-corrected chi connectivity index (χ2v) is 10.9. The minimum Gasteiger partial charge on any atom is -0.354 e. The predicted molar refractivity (Wildman–Crippen MR) is 122 cm³/mol. The van der Waals surface area contributed by atoms with Gasteiger partial charge in [-0.1, -0.05) is 48.9 Å². The summed E-state index contributed by atoms with van der Waals surface area (Å²) in [4.78, 5) is 14.2. The summed E-state index contributed by atoms with van der Waals surface area (Å²) >= 11 is 0. The number of piperidine rings is 1. The van der Waals surface area contributed by atoms with Gasteiger partial charge in [0.25, 0.3) is 0 Å². The fraction of sp³-hybridized carbons (Fsp3) is 0.609. The minimum atomic E-state index is -3.04. The van der Waals surface area contributed by atoms with E-state index in [0.29, 0.717) is 24.5 Å². The average molecular weight is 434 g/mol. The van der Waals surface area contributed by atoms with Crippen LogP contribution in [-0.4, -0.2) is 69.5 Å². The molecule has 2 atom stereocenters. The maximum atomic E-state index is 12.0. The van der Waals surface area contributed by atoms with Crippen LogP contribution >= 0.6 is 0 Å². The Morgan fingerprint density at radius 1 is 1.20 bits per heavy atom. The van der Waals surface area contributed by atoms with Crippen molar-refractivity contribution in [3.05, 3.63) is 41.5 Å². The van der Waals surface area contributed by atoms with Crippen LogP contribution in [0.2, 0.25) is 0 Å². The van der Waals surface area contributed by atoms with Crippen LogP contribution < -0.4 is 10.6 Å². The van der Waals surface area contributed by atoms with E-state index in [9.17, 15) is 13.2 Å². The lowest BCUT2D eigenvalue weighted by molar-refractivity contribution is -0.122. The molecule has 1 saturated heterocycles. The number of rotatable bonds is 10. The molecule has 0 unspecified atom stereocenters. The Bertz CT molecular complexity index is 831. The molecule has 3 rings (SSSR count). The van der Waals surface area contributed by atoms with Crippen molar-refractivity contribution in [1.82, 2.24) is 15.5 Å². The van der Waals surface area contributed by atoms with Gasteiger partial charge in [-0.3, -0.25) is 9.69 Å². The zero-order chi connectivity index (χ0) is 21.6. The fourth-order valence-electron chi connectivity index (χ4n) is 4.22. The maximum absolute atomic E-state index is 12.0. The third kappa shape index (κ3) is 7.52. The summed E-state index contributed by atoms with van der Waals surface area (Å²) in [5, 5.41) is 6.54. The van der Waals surface area contributed by atoms with Crippen LogP contribution in [0.3, 0.4) is 0 Å². The fourth-order valence-corrected chi connectivity index (χ4v) is 4.69. The molecule has 1 aliphatic heterocycles. The highest BCUT2D eigenvalue weighted by Gasteiger charge is 2.40. The Kier molecular flexibility index (Phi) is 8.08. The summed E-state index contributed by atoms with van der Waals surface area (Å²) in [7, 11) is -3.04. The van der Waals surface area contributed by atoms with Gasteiger partial charge >= 0.3 is 0 Å².